The Morgan fingerprint density at radius 3 is 2.30 bits per heavy atom. The first kappa shape index (κ1) is 22.0. The average molecular weight is 442 g/mol. The molecular weight excluding hydrogens is 421 g/mol. The van der Waals surface area contributed by atoms with E-state index in [0.717, 1.165) is 0 Å². The number of nitrogens with zero attached hydrogens (tertiary/aromatic N) is 3. The summed E-state index contributed by atoms with van der Waals surface area (Å²) in [7, 11) is -3.83. The smallest absolute Gasteiger partial charge is 0.337 e. The lowest BCUT2D eigenvalue weighted by molar-refractivity contribution is -0.145. The van der Waals surface area contributed by atoms with Gasteiger partial charge in [-0.1, -0.05) is 0 Å². The molecule has 1 aliphatic rings. The van der Waals surface area contributed by atoms with E-state index in [4.69, 9.17) is 0 Å². The van der Waals surface area contributed by atoms with E-state index < -0.39 is 22.7 Å². The van der Waals surface area contributed by atoms with Gasteiger partial charge in [-0.2, -0.15) is 13.2 Å². The van der Waals surface area contributed by atoms with Crippen molar-refractivity contribution < 1.29 is 26.4 Å². The standard InChI is InChI=1S/C19H21F3N4O3S/c20-19(21,22)14-25-10-1-11-26(13-12-25)18(27)15-2-4-17(5-3-15)30(28,29)24-16-6-8-23-9-7-16/h2-9H,1,10-14H2,(H,23,24). The number of anilines is 1. The van der Waals surface area contributed by atoms with Crippen LogP contribution in [0.2, 0.25) is 0 Å². The van der Waals surface area contributed by atoms with Crippen molar-refractivity contribution in [2.75, 3.05) is 37.4 Å². The van der Waals surface area contributed by atoms with Gasteiger partial charge in [0.2, 0.25) is 0 Å². The van der Waals surface area contributed by atoms with Gasteiger partial charge in [-0.25, -0.2) is 8.42 Å². The van der Waals surface area contributed by atoms with E-state index in [1.807, 2.05) is 0 Å². The van der Waals surface area contributed by atoms with Gasteiger partial charge in [0, 0.05) is 44.1 Å². The summed E-state index contributed by atoms with van der Waals surface area (Å²) in [5.41, 5.74) is 0.639. The highest BCUT2D eigenvalue weighted by atomic mass is 32.2. The molecule has 30 heavy (non-hydrogen) atoms. The van der Waals surface area contributed by atoms with Crippen LogP contribution in [0.25, 0.3) is 0 Å². The molecule has 162 valence electrons. The summed E-state index contributed by atoms with van der Waals surface area (Å²) in [6, 6.07) is 8.48. The zero-order valence-electron chi connectivity index (χ0n) is 16.0. The van der Waals surface area contributed by atoms with E-state index in [0.29, 0.717) is 18.7 Å². The molecule has 1 amide bonds. The Hall–Kier alpha value is -2.66. The molecule has 0 aliphatic carbocycles. The first-order valence-corrected chi connectivity index (χ1v) is 10.7. The van der Waals surface area contributed by atoms with Crippen LogP contribution in [-0.4, -0.2) is 68.0 Å². The molecule has 0 unspecified atom stereocenters. The zero-order chi connectivity index (χ0) is 21.8. The molecule has 0 atom stereocenters. The Balaban J connectivity index is 1.65. The first-order chi connectivity index (χ1) is 14.1. The molecular formula is C19H21F3N4O3S. The van der Waals surface area contributed by atoms with E-state index in [2.05, 4.69) is 9.71 Å². The van der Waals surface area contributed by atoms with Crippen LogP contribution < -0.4 is 4.72 Å². The molecule has 0 saturated carbocycles. The van der Waals surface area contributed by atoms with Crippen molar-refractivity contribution in [1.29, 1.82) is 0 Å². The Labute approximate surface area is 172 Å². The number of hydrogen-bond acceptors (Lipinski definition) is 5. The molecule has 1 fully saturated rings. The van der Waals surface area contributed by atoms with Crippen molar-refractivity contribution in [3.63, 3.8) is 0 Å². The quantitative estimate of drug-likeness (QED) is 0.770. The van der Waals surface area contributed by atoms with E-state index in [1.165, 1.54) is 58.6 Å². The molecule has 0 radical (unpaired) electrons. The number of halogens is 3. The molecule has 3 rings (SSSR count). The zero-order valence-corrected chi connectivity index (χ0v) is 16.8. The van der Waals surface area contributed by atoms with Crippen LogP contribution in [0.5, 0.6) is 0 Å². The Morgan fingerprint density at radius 1 is 1.00 bits per heavy atom. The van der Waals surface area contributed by atoms with Crippen LogP contribution in [0.3, 0.4) is 0 Å². The molecule has 1 aliphatic heterocycles. The van der Waals surface area contributed by atoms with Gasteiger partial charge in [-0.15, -0.1) is 0 Å². The lowest BCUT2D eigenvalue weighted by Crippen LogP contribution is -2.38. The number of alkyl halides is 3. The lowest BCUT2D eigenvalue weighted by atomic mass is 10.2. The van der Waals surface area contributed by atoms with Crippen molar-refractivity contribution >= 4 is 21.6 Å². The normalized spacial score (nSPS) is 16.2. The number of hydrogen-bond donors (Lipinski definition) is 1. The van der Waals surface area contributed by atoms with Crippen molar-refractivity contribution in [3.8, 4) is 0 Å². The molecule has 1 N–H and O–H groups in total. The maximum atomic E-state index is 12.7. The number of carbonyl (C=O) groups is 1. The van der Waals surface area contributed by atoms with Gasteiger partial charge >= 0.3 is 6.18 Å². The number of aromatic nitrogens is 1. The van der Waals surface area contributed by atoms with Gasteiger partial charge in [-0.05, 0) is 42.8 Å². The molecule has 2 aromatic rings. The number of sulfonamides is 1. The summed E-state index contributed by atoms with van der Waals surface area (Å²) in [4.78, 5) is 19.3. The van der Waals surface area contributed by atoms with E-state index in [9.17, 15) is 26.4 Å². The van der Waals surface area contributed by atoms with E-state index in [1.54, 1.807) is 0 Å². The van der Waals surface area contributed by atoms with Gasteiger partial charge in [0.1, 0.15) is 0 Å². The third-order valence-corrected chi connectivity index (χ3v) is 6.02. The van der Waals surface area contributed by atoms with Crippen LogP contribution in [0, 0.1) is 0 Å². The monoisotopic (exact) mass is 442 g/mol. The van der Waals surface area contributed by atoms with Gasteiger partial charge in [0.25, 0.3) is 15.9 Å². The maximum Gasteiger partial charge on any atom is 0.401 e. The fourth-order valence-corrected chi connectivity index (χ4v) is 4.24. The third-order valence-electron chi connectivity index (χ3n) is 4.62. The van der Waals surface area contributed by atoms with Crippen molar-refractivity contribution in [1.82, 2.24) is 14.8 Å². The summed E-state index contributed by atoms with van der Waals surface area (Å²) in [6.45, 7) is -0.0732. The van der Waals surface area contributed by atoms with Crippen molar-refractivity contribution in [3.05, 3.63) is 54.4 Å². The highest BCUT2D eigenvalue weighted by Crippen LogP contribution is 2.19. The van der Waals surface area contributed by atoms with Crippen LogP contribution >= 0.6 is 0 Å². The number of pyridine rings is 1. The molecule has 1 aromatic carbocycles. The summed E-state index contributed by atoms with van der Waals surface area (Å²) in [5, 5.41) is 0. The van der Waals surface area contributed by atoms with E-state index in [-0.39, 0.29) is 36.0 Å². The SMILES string of the molecule is O=C(c1ccc(S(=O)(=O)Nc2ccncc2)cc1)N1CCCN(CC(F)(F)F)CC1. The third kappa shape index (κ3) is 5.92. The molecule has 1 saturated heterocycles. The minimum absolute atomic E-state index is 0.0110. The molecule has 2 heterocycles. The largest absolute Gasteiger partial charge is 0.401 e. The molecule has 0 spiro atoms. The second-order valence-electron chi connectivity index (χ2n) is 6.90. The van der Waals surface area contributed by atoms with Crippen LogP contribution in [-0.2, 0) is 10.0 Å². The fourth-order valence-electron chi connectivity index (χ4n) is 3.18. The number of nitrogens with one attached hydrogen (secondary N) is 1. The fraction of sp³-hybridized carbons (Fsp3) is 0.368. The summed E-state index contributed by atoms with van der Waals surface area (Å²) in [6.07, 6.45) is -0.928. The summed E-state index contributed by atoms with van der Waals surface area (Å²) >= 11 is 0. The number of carbonyl (C=O) groups excluding carboxylic acids is 1. The molecule has 1 aromatic heterocycles. The summed E-state index contributed by atoms with van der Waals surface area (Å²) < 4.78 is 65.1. The predicted molar refractivity (Wildman–Crippen MR) is 105 cm³/mol. The van der Waals surface area contributed by atoms with Crippen molar-refractivity contribution in [2.45, 2.75) is 17.5 Å². The maximum absolute atomic E-state index is 12.7. The Morgan fingerprint density at radius 2 is 1.67 bits per heavy atom. The van der Waals surface area contributed by atoms with Gasteiger partial charge < -0.3 is 4.90 Å². The van der Waals surface area contributed by atoms with Gasteiger partial charge in [-0.3, -0.25) is 19.4 Å². The second kappa shape index (κ2) is 9.00. The number of rotatable bonds is 5. The number of amides is 1. The minimum Gasteiger partial charge on any atom is -0.337 e. The topological polar surface area (TPSA) is 82.6 Å². The number of benzene rings is 1. The van der Waals surface area contributed by atoms with Crippen LogP contribution in [0.15, 0.2) is 53.7 Å². The van der Waals surface area contributed by atoms with Crippen molar-refractivity contribution in [2.24, 2.45) is 0 Å². The average Bonchev–Trinajstić information content (AvgIpc) is 2.92. The van der Waals surface area contributed by atoms with Crippen LogP contribution in [0.4, 0.5) is 18.9 Å². The minimum atomic E-state index is -4.27. The van der Waals surface area contributed by atoms with Gasteiger partial charge in [0.05, 0.1) is 17.1 Å². The highest BCUT2D eigenvalue weighted by molar-refractivity contribution is 7.92. The Kier molecular flexibility index (Phi) is 6.61. The van der Waals surface area contributed by atoms with E-state index >= 15 is 0 Å². The second-order valence-corrected chi connectivity index (χ2v) is 8.59. The Bertz CT molecular complexity index is 967. The lowest BCUT2D eigenvalue weighted by Gasteiger charge is -2.23. The summed E-state index contributed by atoms with van der Waals surface area (Å²) in [5.74, 6) is -0.338. The molecule has 7 nitrogen and oxygen atoms in total. The molecule has 0 bridgehead atoms. The van der Waals surface area contributed by atoms with Gasteiger partial charge in [0.15, 0.2) is 0 Å². The predicted octanol–water partition coefficient (Wildman–Crippen LogP) is 2.59. The highest BCUT2D eigenvalue weighted by Gasteiger charge is 2.32. The van der Waals surface area contributed by atoms with Crippen LogP contribution in [0.1, 0.15) is 16.8 Å². The molecule has 11 heteroatoms. The first-order valence-electron chi connectivity index (χ1n) is 9.25.